The summed E-state index contributed by atoms with van der Waals surface area (Å²) in [6.07, 6.45) is 0.596. The van der Waals surface area contributed by atoms with Crippen LogP contribution < -0.4 is 16.4 Å². The number of carbonyl (C=O) groups is 2. The van der Waals surface area contributed by atoms with Gasteiger partial charge in [0.05, 0.1) is 30.2 Å². The molecular weight excluding hydrogens is 574 g/mol. The van der Waals surface area contributed by atoms with Crippen molar-refractivity contribution in [2.24, 2.45) is 0 Å². The molecule has 1 aliphatic heterocycles. The largest absolute Gasteiger partial charge is 0.397 e. The maximum atomic E-state index is 12.7. The van der Waals surface area contributed by atoms with Gasteiger partial charge in [-0.15, -0.1) is 11.8 Å². The molecule has 4 aromatic carbocycles. The quantitative estimate of drug-likeness (QED) is 0.102. The average Bonchev–Trinajstić information content (AvgIpc) is 3.05. The van der Waals surface area contributed by atoms with Crippen molar-refractivity contribution < 1.29 is 24.2 Å². The van der Waals surface area contributed by atoms with E-state index >= 15 is 0 Å². The maximum Gasteiger partial charge on any atom is 0.224 e. The Bertz CT molecular complexity index is 1530. The summed E-state index contributed by atoms with van der Waals surface area (Å²) in [5.41, 5.74) is 10.2. The zero-order valence-electron chi connectivity index (χ0n) is 24.4. The standard InChI is InChI=1S/C35H37N3O5S/c36-30-12-4-5-13-31(30)38-34(41)15-7-14-33(40)37-27-9-6-8-26(20-27)35-42-28(23-44-29-10-2-1-3-11-29)21-32(43-35)25-18-16-24(22-39)17-19-25/h1-6,8-13,16-20,28,32,35,39H,7,14-15,21-23,36H2,(H,37,40)(H,38,41). The third-order valence-electron chi connectivity index (χ3n) is 7.28. The van der Waals surface area contributed by atoms with Crippen LogP contribution in [0.5, 0.6) is 0 Å². The first-order chi connectivity index (χ1) is 21.5. The highest BCUT2D eigenvalue weighted by Crippen LogP contribution is 2.40. The van der Waals surface area contributed by atoms with E-state index in [1.807, 2.05) is 66.7 Å². The fraction of sp³-hybridized carbons (Fsp3) is 0.257. The summed E-state index contributed by atoms with van der Waals surface area (Å²) in [5, 5.41) is 15.2. The van der Waals surface area contributed by atoms with Crippen molar-refractivity contribution >= 4 is 40.6 Å². The van der Waals surface area contributed by atoms with Crippen molar-refractivity contribution in [2.45, 2.75) is 55.7 Å². The SMILES string of the molecule is Nc1ccccc1NC(=O)CCCC(=O)Nc1cccc(C2OC(CSc3ccccc3)CC(c3ccc(CO)cc3)O2)c1. The number of thioether (sulfide) groups is 1. The van der Waals surface area contributed by atoms with Crippen molar-refractivity contribution in [1.82, 2.24) is 0 Å². The molecule has 1 aliphatic rings. The lowest BCUT2D eigenvalue weighted by molar-refractivity contribution is -0.245. The molecule has 5 N–H and O–H groups in total. The molecule has 0 spiro atoms. The number of para-hydroxylation sites is 2. The summed E-state index contributed by atoms with van der Waals surface area (Å²) in [4.78, 5) is 26.2. The Hall–Kier alpha value is -4.15. The number of anilines is 3. The van der Waals surface area contributed by atoms with E-state index in [2.05, 4.69) is 22.8 Å². The minimum Gasteiger partial charge on any atom is -0.397 e. The topological polar surface area (TPSA) is 123 Å². The third-order valence-corrected chi connectivity index (χ3v) is 8.42. The van der Waals surface area contributed by atoms with Crippen LogP contribution in [-0.4, -0.2) is 28.8 Å². The number of nitrogens with one attached hydrogen (secondary N) is 2. The second-order valence-corrected chi connectivity index (χ2v) is 11.7. The van der Waals surface area contributed by atoms with E-state index in [1.54, 1.807) is 36.0 Å². The van der Waals surface area contributed by atoms with Gasteiger partial charge in [0.15, 0.2) is 6.29 Å². The van der Waals surface area contributed by atoms with E-state index in [0.29, 0.717) is 29.9 Å². The van der Waals surface area contributed by atoms with Crippen LogP contribution in [0.4, 0.5) is 17.1 Å². The van der Waals surface area contributed by atoms with Gasteiger partial charge in [0.1, 0.15) is 0 Å². The van der Waals surface area contributed by atoms with E-state index in [9.17, 15) is 14.7 Å². The van der Waals surface area contributed by atoms with E-state index in [1.165, 1.54) is 4.90 Å². The number of nitrogens with two attached hydrogens (primary N) is 1. The average molecular weight is 612 g/mol. The van der Waals surface area contributed by atoms with Gasteiger partial charge in [-0.3, -0.25) is 9.59 Å². The van der Waals surface area contributed by atoms with Gasteiger partial charge in [0.2, 0.25) is 11.8 Å². The summed E-state index contributed by atoms with van der Waals surface area (Å²) >= 11 is 1.74. The van der Waals surface area contributed by atoms with Gasteiger partial charge in [0.25, 0.3) is 0 Å². The second kappa shape index (κ2) is 15.5. The molecule has 3 atom stereocenters. The predicted octanol–water partition coefficient (Wildman–Crippen LogP) is 6.85. The number of aliphatic hydroxyl groups excluding tert-OH is 1. The molecule has 0 bridgehead atoms. The number of carbonyl (C=O) groups excluding carboxylic acids is 2. The van der Waals surface area contributed by atoms with Gasteiger partial charge in [-0.05, 0) is 53.9 Å². The molecule has 1 heterocycles. The summed E-state index contributed by atoms with van der Waals surface area (Å²) in [6, 6.07) is 32.6. The summed E-state index contributed by atoms with van der Waals surface area (Å²) in [6.45, 7) is -0.0115. The van der Waals surface area contributed by atoms with E-state index in [4.69, 9.17) is 15.2 Å². The van der Waals surface area contributed by atoms with Crippen LogP contribution in [0.3, 0.4) is 0 Å². The smallest absolute Gasteiger partial charge is 0.224 e. The molecule has 0 radical (unpaired) electrons. The lowest BCUT2D eigenvalue weighted by atomic mass is 10.0. The molecule has 1 fully saturated rings. The zero-order valence-corrected chi connectivity index (χ0v) is 25.2. The Balaban J connectivity index is 1.20. The van der Waals surface area contributed by atoms with Crippen LogP contribution >= 0.6 is 11.8 Å². The number of aliphatic hydroxyl groups is 1. The Kier molecular flexibility index (Phi) is 11.0. The van der Waals surface area contributed by atoms with Crippen LogP contribution in [-0.2, 0) is 25.7 Å². The van der Waals surface area contributed by atoms with E-state index in [-0.39, 0.29) is 43.5 Å². The molecule has 0 aromatic heterocycles. The van der Waals surface area contributed by atoms with Gasteiger partial charge in [0, 0.05) is 41.2 Å². The van der Waals surface area contributed by atoms with Gasteiger partial charge < -0.3 is 30.9 Å². The summed E-state index contributed by atoms with van der Waals surface area (Å²) in [7, 11) is 0. The highest BCUT2D eigenvalue weighted by atomic mass is 32.2. The molecule has 44 heavy (non-hydrogen) atoms. The Labute approximate surface area is 262 Å². The number of ether oxygens (including phenoxy) is 2. The molecule has 8 nitrogen and oxygen atoms in total. The molecule has 9 heteroatoms. The van der Waals surface area contributed by atoms with Gasteiger partial charge in [-0.25, -0.2) is 0 Å². The Morgan fingerprint density at radius 1 is 0.818 bits per heavy atom. The van der Waals surface area contributed by atoms with Crippen molar-refractivity contribution in [2.75, 3.05) is 22.1 Å². The van der Waals surface area contributed by atoms with Crippen LogP contribution in [0.25, 0.3) is 0 Å². The number of hydrogen-bond acceptors (Lipinski definition) is 7. The van der Waals surface area contributed by atoms with Gasteiger partial charge >= 0.3 is 0 Å². The zero-order chi connectivity index (χ0) is 30.7. The number of hydrogen-bond donors (Lipinski definition) is 4. The first-order valence-corrected chi connectivity index (χ1v) is 15.7. The number of amides is 2. The van der Waals surface area contributed by atoms with Crippen LogP contribution in [0, 0.1) is 0 Å². The lowest BCUT2D eigenvalue weighted by Gasteiger charge is -2.36. The Morgan fingerprint density at radius 2 is 1.55 bits per heavy atom. The van der Waals surface area contributed by atoms with Gasteiger partial charge in [-0.2, -0.15) is 0 Å². The molecule has 228 valence electrons. The summed E-state index contributed by atoms with van der Waals surface area (Å²) in [5.74, 6) is 0.388. The predicted molar refractivity (Wildman–Crippen MR) is 174 cm³/mol. The first-order valence-electron chi connectivity index (χ1n) is 14.7. The fourth-order valence-corrected chi connectivity index (χ4v) is 5.89. The highest BCUT2D eigenvalue weighted by molar-refractivity contribution is 7.99. The molecule has 4 aromatic rings. The normalized spacial score (nSPS) is 18.0. The number of rotatable bonds is 12. The number of nitrogen functional groups attached to an aromatic ring is 1. The Morgan fingerprint density at radius 3 is 2.30 bits per heavy atom. The van der Waals surface area contributed by atoms with E-state index in [0.717, 1.165) is 22.4 Å². The van der Waals surface area contributed by atoms with Gasteiger partial charge in [-0.1, -0.05) is 66.7 Å². The number of benzene rings is 4. The fourth-order valence-electron chi connectivity index (χ4n) is 4.95. The van der Waals surface area contributed by atoms with Crippen LogP contribution in [0.15, 0.2) is 108 Å². The molecular formula is C35H37N3O5S. The second-order valence-electron chi connectivity index (χ2n) is 10.6. The molecule has 1 saturated heterocycles. The third kappa shape index (κ3) is 8.93. The van der Waals surface area contributed by atoms with Crippen LogP contribution in [0.2, 0.25) is 0 Å². The molecule has 0 aliphatic carbocycles. The summed E-state index contributed by atoms with van der Waals surface area (Å²) < 4.78 is 12.9. The van der Waals surface area contributed by atoms with Crippen molar-refractivity contribution in [1.29, 1.82) is 0 Å². The maximum absolute atomic E-state index is 12.7. The molecule has 3 unspecified atom stereocenters. The van der Waals surface area contributed by atoms with Crippen LogP contribution in [0.1, 0.15) is 54.8 Å². The monoisotopic (exact) mass is 611 g/mol. The van der Waals surface area contributed by atoms with Crippen molar-refractivity contribution in [3.8, 4) is 0 Å². The lowest BCUT2D eigenvalue weighted by Crippen LogP contribution is -2.31. The minimum atomic E-state index is -0.626. The molecule has 0 saturated carbocycles. The first kappa shape index (κ1) is 31.3. The van der Waals surface area contributed by atoms with E-state index < -0.39 is 6.29 Å². The minimum absolute atomic E-state index is 0.0115. The highest BCUT2D eigenvalue weighted by Gasteiger charge is 2.32. The molecule has 2 amide bonds. The molecule has 5 rings (SSSR count). The van der Waals surface area contributed by atoms with Crippen molar-refractivity contribution in [3.63, 3.8) is 0 Å². The van der Waals surface area contributed by atoms with Crippen molar-refractivity contribution in [3.05, 3.63) is 120 Å².